The highest BCUT2D eigenvalue weighted by Crippen LogP contribution is 2.26. The minimum absolute atomic E-state index is 0.178. The van der Waals surface area contributed by atoms with Crippen molar-refractivity contribution in [2.75, 3.05) is 36.6 Å². The van der Waals surface area contributed by atoms with Crippen molar-refractivity contribution >= 4 is 44.1 Å². The molecule has 2 aromatic carbocycles. The van der Waals surface area contributed by atoms with Gasteiger partial charge in [-0.1, -0.05) is 29.5 Å². The van der Waals surface area contributed by atoms with E-state index in [2.05, 4.69) is 5.32 Å². The highest BCUT2D eigenvalue weighted by Gasteiger charge is 2.25. The van der Waals surface area contributed by atoms with Crippen LogP contribution in [-0.2, 0) is 16.1 Å². The van der Waals surface area contributed by atoms with Crippen LogP contribution in [0.25, 0.3) is 26.3 Å². The summed E-state index contributed by atoms with van der Waals surface area (Å²) < 4.78 is 10.9. The SMILES string of the molecule is Cc1cc(C)cc(NC(=O)Cn2c3cc(=O)n(N4CCOCC4)c(C)c3c(=O)n2-c2nc3ccccc3s2)c1. The second kappa shape index (κ2) is 9.83. The van der Waals surface area contributed by atoms with Gasteiger partial charge in [0.25, 0.3) is 11.1 Å². The number of pyridine rings is 1. The van der Waals surface area contributed by atoms with Crippen LogP contribution >= 0.6 is 11.3 Å². The number of amides is 1. The number of nitrogens with one attached hydrogen (secondary N) is 1. The lowest BCUT2D eigenvalue weighted by Crippen LogP contribution is -2.49. The first-order valence-electron chi connectivity index (χ1n) is 12.8. The molecule has 4 heterocycles. The van der Waals surface area contributed by atoms with E-state index >= 15 is 0 Å². The molecule has 0 radical (unpaired) electrons. The Morgan fingerprint density at radius 2 is 1.74 bits per heavy atom. The second-order valence-electron chi connectivity index (χ2n) is 9.77. The number of ether oxygens (including phenoxy) is 1. The van der Waals surface area contributed by atoms with E-state index in [1.807, 2.05) is 61.3 Å². The quantitative estimate of drug-likeness (QED) is 0.365. The number of thiazole rings is 1. The fraction of sp³-hybridized carbons (Fsp3) is 0.286. The van der Waals surface area contributed by atoms with Crippen LogP contribution in [0.1, 0.15) is 16.8 Å². The maximum atomic E-state index is 14.0. The molecule has 1 aliphatic heterocycles. The molecule has 5 aromatic rings. The Morgan fingerprint density at radius 1 is 1.03 bits per heavy atom. The van der Waals surface area contributed by atoms with E-state index in [0.717, 1.165) is 21.3 Å². The molecule has 39 heavy (non-hydrogen) atoms. The van der Waals surface area contributed by atoms with Crippen molar-refractivity contribution in [3.05, 3.63) is 86.1 Å². The summed E-state index contributed by atoms with van der Waals surface area (Å²) >= 11 is 1.36. The molecule has 0 saturated carbocycles. The van der Waals surface area contributed by atoms with Gasteiger partial charge in [-0.05, 0) is 56.2 Å². The Labute approximate surface area is 227 Å². The minimum atomic E-state index is -0.331. The van der Waals surface area contributed by atoms with E-state index in [9.17, 15) is 14.4 Å². The molecule has 1 saturated heterocycles. The van der Waals surface area contributed by atoms with Crippen LogP contribution in [0.3, 0.4) is 0 Å². The number of aryl methyl sites for hydroxylation is 3. The Hall–Kier alpha value is -4.22. The number of rotatable bonds is 5. The molecule has 11 heteroatoms. The lowest BCUT2D eigenvalue weighted by molar-refractivity contribution is -0.116. The van der Waals surface area contributed by atoms with Gasteiger partial charge in [-0.25, -0.2) is 9.66 Å². The summed E-state index contributed by atoms with van der Waals surface area (Å²) in [4.78, 5) is 45.5. The largest absolute Gasteiger partial charge is 0.378 e. The summed E-state index contributed by atoms with van der Waals surface area (Å²) in [5.74, 6) is -0.318. The number of carbonyl (C=O) groups excluding carboxylic acids is 1. The molecule has 0 atom stereocenters. The van der Waals surface area contributed by atoms with Crippen molar-refractivity contribution in [1.29, 1.82) is 0 Å². The number of hydrogen-bond acceptors (Lipinski definition) is 7. The van der Waals surface area contributed by atoms with E-state index in [1.165, 1.54) is 22.1 Å². The number of carbonyl (C=O) groups is 1. The highest BCUT2D eigenvalue weighted by atomic mass is 32.1. The number of morpholine rings is 1. The summed E-state index contributed by atoms with van der Waals surface area (Å²) in [5.41, 5.74) is 3.80. The maximum absolute atomic E-state index is 14.0. The number of hydrogen-bond donors (Lipinski definition) is 1. The molecule has 1 fully saturated rings. The van der Waals surface area contributed by atoms with E-state index < -0.39 is 0 Å². The van der Waals surface area contributed by atoms with Crippen molar-refractivity contribution in [2.24, 2.45) is 0 Å². The van der Waals surface area contributed by atoms with Crippen molar-refractivity contribution in [2.45, 2.75) is 27.3 Å². The van der Waals surface area contributed by atoms with E-state index in [4.69, 9.17) is 9.72 Å². The van der Waals surface area contributed by atoms with Crippen molar-refractivity contribution in [1.82, 2.24) is 19.0 Å². The molecule has 0 aliphatic carbocycles. The molecule has 1 N–H and O–H groups in total. The monoisotopic (exact) mass is 544 g/mol. The van der Waals surface area contributed by atoms with Gasteiger partial charge in [0.2, 0.25) is 11.0 Å². The molecule has 3 aromatic heterocycles. The van der Waals surface area contributed by atoms with Gasteiger partial charge in [-0.15, -0.1) is 0 Å². The third kappa shape index (κ3) is 4.53. The van der Waals surface area contributed by atoms with Crippen LogP contribution in [0.5, 0.6) is 0 Å². The fourth-order valence-corrected chi connectivity index (χ4v) is 6.26. The summed E-state index contributed by atoms with van der Waals surface area (Å²) in [6.45, 7) is 7.60. The van der Waals surface area contributed by atoms with Crippen molar-refractivity contribution in [3.63, 3.8) is 0 Å². The number of nitrogens with zero attached hydrogens (tertiary/aromatic N) is 5. The Balaban J connectivity index is 1.52. The van der Waals surface area contributed by atoms with Gasteiger partial charge in [0.05, 0.1) is 53.1 Å². The van der Waals surface area contributed by atoms with Gasteiger partial charge >= 0.3 is 0 Å². The molecule has 1 aliphatic rings. The first kappa shape index (κ1) is 25.1. The average molecular weight is 545 g/mol. The summed E-state index contributed by atoms with van der Waals surface area (Å²) in [6.07, 6.45) is 0. The Bertz CT molecular complexity index is 1800. The Kier molecular flexibility index (Phi) is 6.32. The number of fused-ring (bicyclic) bond motifs is 2. The predicted octanol–water partition coefficient (Wildman–Crippen LogP) is 3.10. The lowest BCUT2D eigenvalue weighted by atomic mass is 10.1. The van der Waals surface area contributed by atoms with E-state index in [0.29, 0.717) is 53.7 Å². The molecule has 6 rings (SSSR count). The molecule has 0 spiro atoms. The van der Waals surface area contributed by atoms with Crippen LogP contribution in [0.15, 0.2) is 58.1 Å². The molecule has 0 bridgehead atoms. The zero-order valence-electron chi connectivity index (χ0n) is 21.9. The third-order valence-electron chi connectivity index (χ3n) is 6.86. The highest BCUT2D eigenvalue weighted by molar-refractivity contribution is 7.20. The van der Waals surface area contributed by atoms with Crippen LogP contribution in [0, 0.1) is 20.8 Å². The average Bonchev–Trinajstić information content (AvgIpc) is 3.42. The zero-order chi connectivity index (χ0) is 27.3. The van der Waals surface area contributed by atoms with Crippen LogP contribution < -0.4 is 21.4 Å². The topological polar surface area (TPSA) is 103 Å². The summed E-state index contributed by atoms with van der Waals surface area (Å²) in [7, 11) is 0. The normalized spacial score (nSPS) is 13.9. The van der Waals surface area contributed by atoms with E-state index in [1.54, 1.807) is 16.3 Å². The molecule has 0 unspecified atom stereocenters. The minimum Gasteiger partial charge on any atom is -0.378 e. The smallest absolute Gasteiger partial charge is 0.283 e. The molecular weight excluding hydrogens is 516 g/mol. The van der Waals surface area contributed by atoms with Gasteiger partial charge in [-0.3, -0.25) is 19.1 Å². The Morgan fingerprint density at radius 3 is 2.46 bits per heavy atom. The maximum Gasteiger partial charge on any atom is 0.283 e. The van der Waals surface area contributed by atoms with E-state index in [-0.39, 0.29) is 23.6 Å². The van der Waals surface area contributed by atoms with Gasteiger partial charge < -0.3 is 15.1 Å². The summed E-state index contributed by atoms with van der Waals surface area (Å²) in [5, 5.41) is 5.65. The first-order chi connectivity index (χ1) is 18.8. The fourth-order valence-electron chi connectivity index (χ4n) is 5.28. The first-order valence-corrected chi connectivity index (χ1v) is 13.6. The summed E-state index contributed by atoms with van der Waals surface area (Å²) in [6, 6.07) is 14.9. The number of aromatic nitrogens is 4. The van der Waals surface area contributed by atoms with Crippen LogP contribution in [-0.4, -0.2) is 51.2 Å². The van der Waals surface area contributed by atoms with Gasteiger partial charge in [-0.2, -0.15) is 4.68 Å². The van der Waals surface area contributed by atoms with Crippen molar-refractivity contribution < 1.29 is 9.53 Å². The molecule has 1 amide bonds. The zero-order valence-corrected chi connectivity index (χ0v) is 22.7. The van der Waals surface area contributed by atoms with Gasteiger partial charge in [0, 0.05) is 11.8 Å². The third-order valence-corrected chi connectivity index (χ3v) is 7.88. The van der Waals surface area contributed by atoms with Gasteiger partial charge in [0.1, 0.15) is 6.54 Å². The number of anilines is 1. The van der Waals surface area contributed by atoms with Gasteiger partial charge in [0.15, 0.2) is 0 Å². The number of benzene rings is 2. The molecule has 10 nitrogen and oxygen atoms in total. The van der Waals surface area contributed by atoms with Crippen LogP contribution in [0.4, 0.5) is 5.69 Å². The molecule has 200 valence electrons. The van der Waals surface area contributed by atoms with Crippen LogP contribution in [0.2, 0.25) is 0 Å². The van der Waals surface area contributed by atoms with Crippen molar-refractivity contribution in [3.8, 4) is 5.13 Å². The lowest BCUT2D eigenvalue weighted by Gasteiger charge is -2.31. The molecular formula is C28H28N6O4S. The number of para-hydroxylation sites is 1. The second-order valence-corrected chi connectivity index (χ2v) is 10.8. The standard InChI is InChI=1S/C28H28N6O4S/c1-17-12-18(2)14-20(13-17)29-24(35)16-32-22-15-25(36)33(31-8-10-38-11-9-31)19(3)26(22)27(37)34(32)28-30-21-6-4-5-7-23(21)39-28/h4-7,12-15H,8-11,16H2,1-3H3,(H,29,35). The predicted molar refractivity (Wildman–Crippen MR) is 153 cm³/mol.